The topological polar surface area (TPSA) is 103 Å². The van der Waals surface area contributed by atoms with Crippen LogP contribution in [0.3, 0.4) is 0 Å². The van der Waals surface area contributed by atoms with Gasteiger partial charge in [-0.15, -0.1) is 0 Å². The highest BCUT2D eigenvalue weighted by Crippen LogP contribution is 2.19. The Morgan fingerprint density at radius 2 is 2.05 bits per heavy atom. The lowest BCUT2D eigenvalue weighted by Gasteiger charge is -2.13. The minimum Gasteiger partial charge on any atom is -0.384 e. The van der Waals surface area contributed by atoms with Gasteiger partial charge in [-0.25, -0.2) is 18.1 Å². The van der Waals surface area contributed by atoms with Crippen LogP contribution < -0.4 is 10.5 Å². The summed E-state index contributed by atoms with van der Waals surface area (Å²) in [4.78, 5) is 3.83. The van der Waals surface area contributed by atoms with Gasteiger partial charge in [-0.05, 0) is 19.9 Å². The van der Waals surface area contributed by atoms with Crippen LogP contribution in [0.5, 0.6) is 0 Å². The molecule has 2 aromatic rings. The number of hydrogen-bond acceptors (Lipinski definition) is 5. The molecule has 0 aliphatic carbocycles. The van der Waals surface area contributed by atoms with Gasteiger partial charge in [-0.1, -0.05) is 0 Å². The van der Waals surface area contributed by atoms with Crippen LogP contribution in [0, 0.1) is 0 Å². The number of anilines is 2. The smallest absolute Gasteiger partial charge is 0.263 e. The Morgan fingerprint density at radius 3 is 2.68 bits per heavy atom. The van der Waals surface area contributed by atoms with Crippen LogP contribution in [0.1, 0.15) is 19.9 Å². The lowest BCUT2D eigenvalue weighted by molar-refractivity contribution is 0.539. The van der Waals surface area contributed by atoms with E-state index >= 15 is 0 Å². The molecule has 102 valence electrons. The maximum Gasteiger partial charge on any atom is 0.263 e. The molecule has 0 fully saturated rings. The number of nitrogens with two attached hydrogens (primary N) is 1. The number of nitrogens with zero attached hydrogens (tertiary/aromatic N) is 3. The van der Waals surface area contributed by atoms with Crippen LogP contribution >= 0.6 is 0 Å². The summed E-state index contributed by atoms with van der Waals surface area (Å²) in [6.07, 6.45) is 2.89. The highest BCUT2D eigenvalue weighted by Gasteiger charge is 2.17. The molecule has 0 aromatic carbocycles. The van der Waals surface area contributed by atoms with Crippen molar-refractivity contribution in [2.45, 2.75) is 24.8 Å². The second-order valence-corrected chi connectivity index (χ2v) is 5.96. The van der Waals surface area contributed by atoms with Crippen molar-refractivity contribution < 1.29 is 8.42 Å². The molecule has 0 amide bonds. The molecule has 0 atom stereocenters. The van der Waals surface area contributed by atoms with E-state index in [9.17, 15) is 8.42 Å². The first-order chi connectivity index (χ1) is 8.90. The molecule has 3 N–H and O–H groups in total. The summed E-state index contributed by atoms with van der Waals surface area (Å²) in [6.45, 7) is 3.82. The van der Waals surface area contributed by atoms with Gasteiger partial charge in [-0.3, -0.25) is 4.72 Å². The van der Waals surface area contributed by atoms with Crippen LogP contribution in [0.4, 0.5) is 11.6 Å². The molecule has 2 rings (SSSR count). The molecule has 0 unspecified atom stereocenters. The minimum absolute atomic E-state index is 0.0511. The van der Waals surface area contributed by atoms with Crippen molar-refractivity contribution >= 4 is 21.7 Å². The molecule has 7 nitrogen and oxygen atoms in total. The Hall–Kier alpha value is -2.09. The van der Waals surface area contributed by atoms with Crippen molar-refractivity contribution in [1.29, 1.82) is 0 Å². The summed E-state index contributed by atoms with van der Waals surface area (Å²) in [5, 5.41) is 4.06. The fourth-order valence-electron chi connectivity index (χ4n) is 1.60. The van der Waals surface area contributed by atoms with Gasteiger partial charge < -0.3 is 5.73 Å². The number of nitrogens with one attached hydrogen (secondary N) is 1. The first kappa shape index (κ1) is 13.3. The monoisotopic (exact) mass is 281 g/mol. The van der Waals surface area contributed by atoms with E-state index in [1.54, 1.807) is 16.9 Å². The van der Waals surface area contributed by atoms with E-state index in [0.717, 1.165) is 0 Å². The standard InChI is InChI=1S/C11H15N5O2S/c1-8(2)16-11(4-6-14-16)15-19(17,18)9-3-5-13-10(12)7-9/h3-8,15H,1-2H3,(H2,12,13). The zero-order chi connectivity index (χ0) is 14.0. The highest BCUT2D eigenvalue weighted by molar-refractivity contribution is 7.92. The van der Waals surface area contributed by atoms with Crippen LogP contribution in [-0.2, 0) is 10.0 Å². The first-order valence-electron chi connectivity index (χ1n) is 5.68. The molecule has 8 heteroatoms. The molecule has 0 bridgehead atoms. The van der Waals surface area contributed by atoms with E-state index < -0.39 is 10.0 Å². The summed E-state index contributed by atoms with van der Waals surface area (Å²) in [5.74, 6) is 0.561. The molecule has 19 heavy (non-hydrogen) atoms. The Labute approximate surface area is 111 Å². The zero-order valence-corrected chi connectivity index (χ0v) is 11.4. The Bertz CT molecular complexity index is 678. The summed E-state index contributed by atoms with van der Waals surface area (Å²) in [6, 6.07) is 4.34. The van der Waals surface area contributed by atoms with Gasteiger partial charge in [0.05, 0.1) is 11.1 Å². The number of pyridine rings is 1. The predicted molar refractivity (Wildman–Crippen MR) is 72.1 cm³/mol. The van der Waals surface area contributed by atoms with Crippen LogP contribution in [0.15, 0.2) is 35.5 Å². The quantitative estimate of drug-likeness (QED) is 0.877. The average Bonchev–Trinajstić information content (AvgIpc) is 2.76. The number of sulfonamides is 1. The van der Waals surface area contributed by atoms with Crippen molar-refractivity contribution in [2.75, 3.05) is 10.5 Å². The SMILES string of the molecule is CC(C)n1nccc1NS(=O)(=O)c1ccnc(N)c1. The minimum atomic E-state index is -3.69. The summed E-state index contributed by atoms with van der Waals surface area (Å²) >= 11 is 0. The van der Waals surface area contributed by atoms with Gasteiger partial charge in [0.2, 0.25) is 0 Å². The lowest BCUT2D eigenvalue weighted by atomic mass is 10.4. The van der Waals surface area contributed by atoms with E-state index in [1.807, 2.05) is 13.8 Å². The molecule has 0 aliphatic heterocycles. The fraction of sp³-hybridized carbons (Fsp3) is 0.273. The van der Waals surface area contributed by atoms with Crippen molar-refractivity contribution in [3.63, 3.8) is 0 Å². The van der Waals surface area contributed by atoms with Crippen LogP contribution in [0.25, 0.3) is 0 Å². The Balaban J connectivity index is 2.34. The summed E-state index contributed by atoms with van der Waals surface area (Å²) in [7, 11) is -3.69. The maximum absolute atomic E-state index is 12.2. The number of nitrogen functional groups attached to an aromatic ring is 1. The van der Waals surface area contributed by atoms with Gasteiger partial charge in [0.25, 0.3) is 10.0 Å². The zero-order valence-electron chi connectivity index (χ0n) is 10.6. The van der Waals surface area contributed by atoms with Crippen molar-refractivity contribution in [2.24, 2.45) is 0 Å². The number of aromatic nitrogens is 3. The largest absolute Gasteiger partial charge is 0.384 e. The molecular weight excluding hydrogens is 266 g/mol. The van der Waals surface area contributed by atoms with Crippen molar-refractivity contribution in [3.8, 4) is 0 Å². The maximum atomic E-state index is 12.2. The highest BCUT2D eigenvalue weighted by atomic mass is 32.2. The second-order valence-electron chi connectivity index (χ2n) is 4.28. The molecule has 0 radical (unpaired) electrons. The molecule has 0 saturated heterocycles. The molecule has 0 spiro atoms. The van der Waals surface area contributed by atoms with E-state index in [2.05, 4.69) is 14.8 Å². The number of hydrogen-bond donors (Lipinski definition) is 2. The molecule has 0 saturated carbocycles. The van der Waals surface area contributed by atoms with E-state index in [4.69, 9.17) is 5.73 Å². The van der Waals surface area contributed by atoms with E-state index in [0.29, 0.717) is 5.82 Å². The molecule has 2 aromatic heterocycles. The lowest BCUT2D eigenvalue weighted by Crippen LogP contribution is -2.17. The van der Waals surface area contributed by atoms with Gasteiger partial charge >= 0.3 is 0 Å². The van der Waals surface area contributed by atoms with Gasteiger partial charge in [0, 0.05) is 24.4 Å². The third-order valence-corrected chi connectivity index (χ3v) is 3.81. The molecular formula is C11H15N5O2S. The second kappa shape index (κ2) is 4.88. The van der Waals surface area contributed by atoms with Crippen LogP contribution in [-0.4, -0.2) is 23.2 Å². The van der Waals surface area contributed by atoms with Gasteiger partial charge in [0.1, 0.15) is 11.6 Å². The van der Waals surface area contributed by atoms with Gasteiger partial charge in [-0.2, -0.15) is 5.10 Å². The number of rotatable bonds is 4. The van der Waals surface area contributed by atoms with Gasteiger partial charge in [0.15, 0.2) is 0 Å². The van der Waals surface area contributed by atoms with E-state index in [1.165, 1.54) is 18.3 Å². The van der Waals surface area contributed by atoms with Crippen LogP contribution in [0.2, 0.25) is 0 Å². The average molecular weight is 281 g/mol. The summed E-state index contributed by atoms with van der Waals surface area (Å²) < 4.78 is 28.4. The Kier molecular flexibility index (Phi) is 3.43. The first-order valence-corrected chi connectivity index (χ1v) is 7.16. The third-order valence-electron chi connectivity index (χ3n) is 2.46. The molecule has 0 aliphatic rings. The third kappa shape index (κ3) is 2.84. The van der Waals surface area contributed by atoms with Crippen molar-refractivity contribution in [1.82, 2.24) is 14.8 Å². The molecule has 2 heterocycles. The fourth-order valence-corrected chi connectivity index (χ4v) is 2.67. The van der Waals surface area contributed by atoms with Crippen molar-refractivity contribution in [3.05, 3.63) is 30.6 Å². The normalized spacial score (nSPS) is 11.7. The Morgan fingerprint density at radius 1 is 1.32 bits per heavy atom. The summed E-state index contributed by atoms with van der Waals surface area (Å²) in [5.41, 5.74) is 5.49. The predicted octanol–water partition coefficient (Wildman–Crippen LogP) is 1.24. The van der Waals surface area contributed by atoms with E-state index in [-0.39, 0.29) is 16.8 Å².